The Morgan fingerprint density at radius 1 is 0.389 bits per heavy atom. The zero-order valence-corrected chi connectivity index (χ0v) is 47.3. The molecule has 0 heterocycles. The second kappa shape index (κ2) is 55.4. The maximum Gasteiger partial charge on any atom is 0.508 e. The Hall–Kier alpha value is -3.40. The third-order valence-corrected chi connectivity index (χ3v) is 12.9. The van der Waals surface area contributed by atoms with Crippen molar-refractivity contribution in [2.75, 3.05) is 47.1 Å². The Morgan fingerprint density at radius 3 is 1.18 bits per heavy atom. The van der Waals surface area contributed by atoms with Gasteiger partial charge in [-0.05, 0) is 117 Å². The summed E-state index contributed by atoms with van der Waals surface area (Å²) in [7, 11) is 3.95. The molecule has 0 fully saturated rings. The van der Waals surface area contributed by atoms with Gasteiger partial charge < -0.3 is 28.6 Å². The number of ether oxygens (including phenoxy) is 5. The molecule has 0 aromatic carbocycles. The van der Waals surface area contributed by atoms with E-state index in [4.69, 9.17) is 23.7 Å². The fraction of sp³-hybridized carbons (Fsp3) is 0.806. The highest BCUT2D eigenvalue weighted by Gasteiger charge is 2.21. The summed E-state index contributed by atoms with van der Waals surface area (Å²) in [5.74, 6) is -1.53. The summed E-state index contributed by atoms with van der Waals surface area (Å²) in [5.41, 5.74) is 0. The lowest BCUT2D eigenvalue weighted by Crippen LogP contribution is -2.27. The van der Waals surface area contributed by atoms with Crippen LogP contribution < -0.4 is 0 Å². The van der Waals surface area contributed by atoms with Crippen molar-refractivity contribution in [3.05, 3.63) is 48.6 Å². The van der Waals surface area contributed by atoms with Crippen molar-refractivity contribution in [3.8, 4) is 0 Å². The zero-order valence-electron chi connectivity index (χ0n) is 47.3. The Balaban J connectivity index is 5.02. The Kier molecular flexibility index (Phi) is 52.7. The lowest BCUT2D eigenvalue weighted by Gasteiger charge is -2.19. The van der Waals surface area contributed by atoms with Crippen LogP contribution in [0.15, 0.2) is 48.6 Å². The van der Waals surface area contributed by atoms with Crippen LogP contribution in [0.5, 0.6) is 0 Å². The van der Waals surface area contributed by atoms with E-state index in [9.17, 15) is 19.2 Å². The van der Waals surface area contributed by atoms with Crippen molar-refractivity contribution in [3.63, 3.8) is 0 Å². The van der Waals surface area contributed by atoms with Gasteiger partial charge in [-0.3, -0.25) is 14.4 Å². The van der Waals surface area contributed by atoms with Crippen molar-refractivity contribution in [2.24, 2.45) is 5.92 Å². The van der Waals surface area contributed by atoms with Crippen LogP contribution in [0.1, 0.15) is 265 Å². The molecule has 0 rings (SSSR count). The second-order valence-corrected chi connectivity index (χ2v) is 20.4. The van der Waals surface area contributed by atoms with Crippen molar-refractivity contribution < 1.29 is 42.9 Å². The molecular weight excluding hydrogens is 903 g/mol. The highest BCUT2D eigenvalue weighted by atomic mass is 16.7. The van der Waals surface area contributed by atoms with Gasteiger partial charge in [0, 0.05) is 25.8 Å². The van der Waals surface area contributed by atoms with Crippen LogP contribution in [-0.4, -0.2) is 82.1 Å². The van der Waals surface area contributed by atoms with Crippen molar-refractivity contribution in [1.29, 1.82) is 0 Å². The fourth-order valence-electron chi connectivity index (χ4n) is 8.26. The van der Waals surface area contributed by atoms with Crippen LogP contribution in [0.3, 0.4) is 0 Å². The van der Waals surface area contributed by atoms with Gasteiger partial charge in [-0.25, -0.2) is 4.79 Å². The average molecular weight is 1010 g/mol. The summed E-state index contributed by atoms with van der Waals surface area (Å²) in [6.07, 6.45) is 55.7. The van der Waals surface area contributed by atoms with E-state index in [-0.39, 0.29) is 44.8 Å². The summed E-state index contributed by atoms with van der Waals surface area (Å²) in [6.45, 7) is 7.71. The molecule has 0 saturated heterocycles. The van der Waals surface area contributed by atoms with Gasteiger partial charge in [-0.2, -0.15) is 0 Å². The Labute approximate surface area is 442 Å². The first-order valence-corrected chi connectivity index (χ1v) is 29.8. The number of hydrogen-bond acceptors (Lipinski definition) is 10. The molecule has 72 heavy (non-hydrogen) atoms. The Morgan fingerprint density at radius 2 is 0.750 bits per heavy atom. The van der Waals surface area contributed by atoms with Crippen LogP contribution in [0, 0.1) is 5.92 Å². The highest BCUT2D eigenvalue weighted by Crippen LogP contribution is 2.18. The van der Waals surface area contributed by atoms with Crippen LogP contribution in [0.4, 0.5) is 4.79 Å². The molecule has 0 bridgehead atoms. The first-order chi connectivity index (χ1) is 35.2. The van der Waals surface area contributed by atoms with Crippen LogP contribution in [0.2, 0.25) is 0 Å². The molecule has 0 radical (unpaired) electrons. The maximum absolute atomic E-state index is 13.1. The summed E-state index contributed by atoms with van der Waals surface area (Å²) < 4.78 is 28.1. The standard InChI is InChI=1S/C62H111NO9/c1-6-9-12-15-18-21-24-26-28-30-32-35-38-41-44-48-59(64)69-54-57(55-70-60(65)49-45-42-39-36-33-31-29-27-25-22-19-16-13-10-7-2)56-71-61(66)51-50-58(72-62(67)68-53-46-52-63(4)5)47-43-40-37-34-23-20-17-14-11-8-3/h18-19,21-22,26-29,57-58H,6-17,20,23-25,30-56H2,1-5H3. The average Bonchev–Trinajstić information content (AvgIpc) is 3.36. The number of unbranched alkanes of at least 4 members (excludes halogenated alkanes) is 25. The minimum absolute atomic E-state index is 0.00646. The number of carbonyl (C=O) groups excluding carboxylic acids is 4. The largest absolute Gasteiger partial charge is 0.508 e. The third-order valence-electron chi connectivity index (χ3n) is 12.9. The lowest BCUT2D eigenvalue weighted by molar-refractivity contribution is -0.153. The van der Waals surface area contributed by atoms with E-state index in [2.05, 4.69) is 69.4 Å². The van der Waals surface area contributed by atoms with E-state index in [0.717, 1.165) is 116 Å². The van der Waals surface area contributed by atoms with Crippen LogP contribution >= 0.6 is 0 Å². The van der Waals surface area contributed by atoms with Crippen LogP contribution in [-0.2, 0) is 38.1 Å². The topological polar surface area (TPSA) is 118 Å². The minimum atomic E-state index is -0.706. The summed E-state index contributed by atoms with van der Waals surface area (Å²) in [6, 6.07) is 0. The maximum atomic E-state index is 13.1. The molecule has 1 unspecified atom stereocenters. The van der Waals surface area contributed by atoms with Gasteiger partial charge in [0.15, 0.2) is 0 Å². The van der Waals surface area contributed by atoms with E-state index < -0.39 is 24.1 Å². The van der Waals surface area contributed by atoms with E-state index in [1.54, 1.807) is 0 Å². The number of esters is 3. The first-order valence-electron chi connectivity index (χ1n) is 29.8. The van der Waals surface area contributed by atoms with Gasteiger partial charge in [0.2, 0.25) is 0 Å². The van der Waals surface area contributed by atoms with E-state index >= 15 is 0 Å². The second-order valence-electron chi connectivity index (χ2n) is 20.4. The number of hydrogen-bond donors (Lipinski definition) is 0. The SMILES string of the molecule is CCCCCC=CCC=CCCCCCCCC(=O)OCC(COC(=O)CCCCCCCC=CCC=CCCCCC)COC(=O)CCC(CCCCCCCCCCCC)OC(=O)OCCCN(C)C. The summed E-state index contributed by atoms with van der Waals surface area (Å²) in [4.78, 5) is 53.4. The molecule has 0 aromatic heterocycles. The molecular formula is C62H111NO9. The van der Waals surface area contributed by atoms with Crippen LogP contribution in [0.25, 0.3) is 0 Å². The molecule has 1 atom stereocenters. The monoisotopic (exact) mass is 1010 g/mol. The van der Waals surface area contributed by atoms with Crippen molar-refractivity contribution in [1.82, 2.24) is 4.90 Å². The van der Waals surface area contributed by atoms with Gasteiger partial charge in [0.05, 0.1) is 12.5 Å². The zero-order chi connectivity index (χ0) is 52.6. The Bertz CT molecular complexity index is 1300. The number of carbonyl (C=O) groups is 4. The van der Waals surface area contributed by atoms with Gasteiger partial charge in [-0.15, -0.1) is 0 Å². The molecule has 0 aliphatic rings. The number of nitrogens with zero attached hydrogens (tertiary/aromatic N) is 1. The van der Waals surface area contributed by atoms with E-state index in [1.807, 2.05) is 19.0 Å². The van der Waals surface area contributed by atoms with Gasteiger partial charge in [-0.1, -0.05) is 191 Å². The number of rotatable bonds is 53. The minimum Gasteiger partial charge on any atom is -0.465 e. The summed E-state index contributed by atoms with van der Waals surface area (Å²) >= 11 is 0. The predicted molar refractivity (Wildman–Crippen MR) is 300 cm³/mol. The molecule has 0 aromatic rings. The molecule has 0 aliphatic carbocycles. The molecule has 10 nitrogen and oxygen atoms in total. The molecule has 0 amide bonds. The van der Waals surface area contributed by atoms with Crippen molar-refractivity contribution >= 4 is 24.1 Å². The van der Waals surface area contributed by atoms with E-state index in [1.165, 1.54) is 96.3 Å². The third kappa shape index (κ3) is 52.9. The molecule has 0 saturated carbocycles. The summed E-state index contributed by atoms with van der Waals surface area (Å²) in [5, 5.41) is 0. The van der Waals surface area contributed by atoms with Gasteiger partial charge in [0.25, 0.3) is 0 Å². The molecule has 0 aliphatic heterocycles. The number of allylic oxidation sites excluding steroid dienone is 8. The molecule has 0 N–H and O–H groups in total. The fourth-order valence-corrected chi connectivity index (χ4v) is 8.26. The van der Waals surface area contributed by atoms with Gasteiger partial charge >= 0.3 is 24.1 Å². The van der Waals surface area contributed by atoms with Crippen molar-refractivity contribution in [2.45, 2.75) is 271 Å². The normalized spacial score (nSPS) is 12.7. The highest BCUT2D eigenvalue weighted by molar-refractivity contribution is 5.70. The lowest BCUT2D eigenvalue weighted by atomic mass is 10.0. The molecule has 10 heteroatoms. The van der Waals surface area contributed by atoms with E-state index in [0.29, 0.717) is 32.1 Å². The molecule has 0 spiro atoms. The quantitative estimate of drug-likeness (QED) is 0.0252. The van der Waals surface area contributed by atoms with Gasteiger partial charge in [0.1, 0.15) is 25.9 Å². The predicted octanol–water partition coefficient (Wildman–Crippen LogP) is 17.4. The smallest absolute Gasteiger partial charge is 0.465 e. The first kappa shape index (κ1) is 68.6. The molecule has 418 valence electrons.